The van der Waals surface area contributed by atoms with Crippen LogP contribution in [0.2, 0.25) is 0 Å². The van der Waals surface area contributed by atoms with Gasteiger partial charge in [-0.25, -0.2) is 13.2 Å². The standard InChI is InChI=1S/C11H10F3NO/c12-10-6-9(16-7-11(13)14)4-3-8(10)2-1-5-15/h3-4,6,11H,5,7,15H2. The van der Waals surface area contributed by atoms with Crippen LogP contribution in [0, 0.1) is 17.7 Å². The highest BCUT2D eigenvalue weighted by Crippen LogP contribution is 2.16. The summed E-state index contributed by atoms with van der Waals surface area (Å²) in [6, 6.07) is 3.76. The van der Waals surface area contributed by atoms with Crippen molar-refractivity contribution in [1.29, 1.82) is 0 Å². The molecule has 1 aromatic rings. The van der Waals surface area contributed by atoms with Gasteiger partial charge in [-0.3, -0.25) is 0 Å². The molecule has 0 saturated carbocycles. The third kappa shape index (κ3) is 3.83. The summed E-state index contributed by atoms with van der Waals surface area (Å²) in [5.74, 6) is 4.44. The number of rotatable bonds is 3. The number of hydrogen-bond donors (Lipinski definition) is 1. The second kappa shape index (κ2) is 6.03. The third-order valence-corrected chi connectivity index (χ3v) is 1.64. The second-order valence-electron chi connectivity index (χ2n) is 2.85. The summed E-state index contributed by atoms with van der Waals surface area (Å²) in [5, 5.41) is 0. The summed E-state index contributed by atoms with van der Waals surface area (Å²) >= 11 is 0. The first-order valence-corrected chi connectivity index (χ1v) is 4.53. The van der Waals surface area contributed by atoms with E-state index in [1.54, 1.807) is 0 Å². The van der Waals surface area contributed by atoms with Gasteiger partial charge in [0.05, 0.1) is 12.1 Å². The number of ether oxygens (including phenoxy) is 1. The van der Waals surface area contributed by atoms with E-state index >= 15 is 0 Å². The van der Waals surface area contributed by atoms with E-state index in [4.69, 9.17) is 5.73 Å². The molecule has 0 unspecified atom stereocenters. The average molecular weight is 229 g/mol. The smallest absolute Gasteiger partial charge is 0.272 e. The van der Waals surface area contributed by atoms with Crippen molar-refractivity contribution < 1.29 is 17.9 Å². The van der Waals surface area contributed by atoms with Gasteiger partial charge < -0.3 is 10.5 Å². The lowest BCUT2D eigenvalue weighted by molar-refractivity contribution is 0.0817. The maximum Gasteiger partial charge on any atom is 0.272 e. The Morgan fingerprint density at radius 2 is 2.12 bits per heavy atom. The Kier molecular flexibility index (Phi) is 4.67. The Hall–Kier alpha value is -1.67. The molecule has 0 aliphatic heterocycles. The lowest BCUT2D eigenvalue weighted by atomic mass is 10.2. The molecule has 5 heteroatoms. The predicted octanol–water partition coefficient (Wildman–Crippen LogP) is 1.78. The fraction of sp³-hybridized carbons (Fsp3) is 0.273. The molecule has 0 saturated heterocycles. The summed E-state index contributed by atoms with van der Waals surface area (Å²) in [4.78, 5) is 0. The molecular weight excluding hydrogens is 219 g/mol. The van der Waals surface area contributed by atoms with Gasteiger partial charge in [0.15, 0.2) is 0 Å². The van der Waals surface area contributed by atoms with Gasteiger partial charge in [-0.1, -0.05) is 11.8 Å². The van der Waals surface area contributed by atoms with E-state index < -0.39 is 18.8 Å². The zero-order valence-corrected chi connectivity index (χ0v) is 8.34. The number of hydrogen-bond acceptors (Lipinski definition) is 2. The van der Waals surface area contributed by atoms with Crippen LogP contribution in [0.25, 0.3) is 0 Å². The topological polar surface area (TPSA) is 35.2 Å². The van der Waals surface area contributed by atoms with E-state index in [1.807, 2.05) is 0 Å². The molecule has 0 atom stereocenters. The number of alkyl halides is 2. The first-order valence-electron chi connectivity index (χ1n) is 4.53. The van der Waals surface area contributed by atoms with Crippen molar-refractivity contribution in [2.45, 2.75) is 6.43 Å². The highest BCUT2D eigenvalue weighted by atomic mass is 19.3. The quantitative estimate of drug-likeness (QED) is 0.802. The highest BCUT2D eigenvalue weighted by molar-refractivity contribution is 5.39. The van der Waals surface area contributed by atoms with Gasteiger partial charge in [0, 0.05) is 6.07 Å². The lowest BCUT2D eigenvalue weighted by Gasteiger charge is -2.05. The van der Waals surface area contributed by atoms with Crippen LogP contribution in [0.15, 0.2) is 18.2 Å². The fourth-order valence-corrected chi connectivity index (χ4v) is 0.992. The maximum atomic E-state index is 13.3. The van der Waals surface area contributed by atoms with Crippen molar-refractivity contribution >= 4 is 0 Å². The average Bonchev–Trinajstić information content (AvgIpc) is 2.25. The zero-order valence-electron chi connectivity index (χ0n) is 8.34. The van der Waals surface area contributed by atoms with Gasteiger partial charge >= 0.3 is 0 Å². The van der Waals surface area contributed by atoms with Gasteiger partial charge in [-0.2, -0.15) is 0 Å². The summed E-state index contributed by atoms with van der Waals surface area (Å²) in [5.41, 5.74) is 5.30. The second-order valence-corrected chi connectivity index (χ2v) is 2.85. The van der Waals surface area contributed by atoms with Crippen molar-refractivity contribution in [2.24, 2.45) is 5.73 Å². The number of halogens is 3. The summed E-state index contributed by atoms with van der Waals surface area (Å²) in [6.07, 6.45) is -2.58. The largest absolute Gasteiger partial charge is 0.488 e. The number of benzene rings is 1. The molecule has 0 aliphatic carbocycles. The van der Waals surface area contributed by atoms with Crippen molar-refractivity contribution in [1.82, 2.24) is 0 Å². The highest BCUT2D eigenvalue weighted by Gasteiger charge is 2.06. The maximum absolute atomic E-state index is 13.3. The molecule has 1 aromatic carbocycles. The Morgan fingerprint density at radius 3 is 2.69 bits per heavy atom. The molecule has 0 spiro atoms. The molecule has 0 aromatic heterocycles. The van der Waals surface area contributed by atoms with Crippen LogP contribution in [0.1, 0.15) is 5.56 Å². The molecular formula is C11H10F3NO. The molecule has 16 heavy (non-hydrogen) atoms. The van der Waals surface area contributed by atoms with Crippen molar-refractivity contribution in [3.05, 3.63) is 29.6 Å². The van der Waals surface area contributed by atoms with Crippen molar-refractivity contribution in [3.8, 4) is 17.6 Å². The minimum absolute atomic E-state index is 0.0519. The van der Waals surface area contributed by atoms with E-state index in [-0.39, 0.29) is 17.9 Å². The number of nitrogens with two attached hydrogens (primary N) is 1. The molecule has 0 heterocycles. The summed E-state index contributed by atoms with van der Waals surface area (Å²) in [7, 11) is 0. The van der Waals surface area contributed by atoms with Crippen molar-refractivity contribution in [3.63, 3.8) is 0 Å². The van der Waals surface area contributed by atoms with E-state index in [1.165, 1.54) is 12.1 Å². The van der Waals surface area contributed by atoms with Gasteiger partial charge in [0.2, 0.25) is 0 Å². The molecule has 0 fully saturated rings. The minimum atomic E-state index is -2.58. The van der Waals surface area contributed by atoms with Crippen molar-refractivity contribution in [2.75, 3.05) is 13.2 Å². The first-order chi connectivity index (χ1) is 7.63. The molecule has 2 nitrogen and oxygen atoms in total. The molecule has 0 amide bonds. The molecule has 1 rings (SSSR count). The van der Waals surface area contributed by atoms with Gasteiger partial charge in [0.1, 0.15) is 18.2 Å². The van der Waals surface area contributed by atoms with Crippen LogP contribution in [0.4, 0.5) is 13.2 Å². The fourth-order valence-electron chi connectivity index (χ4n) is 0.992. The predicted molar refractivity (Wildman–Crippen MR) is 53.8 cm³/mol. The Bertz CT molecular complexity index is 409. The molecule has 0 radical (unpaired) electrons. The molecule has 2 N–H and O–H groups in total. The van der Waals surface area contributed by atoms with Gasteiger partial charge in [0.25, 0.3) is 6.43 Å². The minimum Gasteiger partial charge on any atom is -0.488 e. The van der Waals surface area contributed by atoms with E-state index in [9.17, 15) is 13.2 Å². The van der Waals surface area contributed by atoms with E-state index in [2.05, 4.69) is 16.6 Å². The van der Waals surface area contributed by atoms with E-state index in [0.717, 1.165) is 6.07 Å². The summed E-state index contributed by atoms with van der Waals surface area (Å²) < 4.78 is 41.6. The Morgan fingerprint density at radius 1 is 1.38 bits per heavy atom. The van der Waals surface area contributed by atoms with Crippen LogP contribution in [-0.2, 0) is 0 Å². The zero-order chi connectivity index (χ0) is 12.0. The Balaban J connectivity index is 2.74. The molecule has 86 valence electrons. The van der Waals surface area contributed by atoms with Crippen LogP contribution >= 0.6 is 0 Å². The lowest BCUT2D eigenvalue weighted by Crippen LogP contribution is -2.07. The van der Waals surface area contributed by atoms with Crippen LogP contribution < -0.4 is 10.5 Å². The van der Waals surface area contributed by atoms with Crippen LogP contribution in [0.3, 0.4) is 0 Å². The van der Waals surface area contributed by atoms with E-state index in [0.29, 0.717) is 0 Å². The third-order valence-electron chi connectivity index (χ3n) is 1.64. The van der Waals surface area contributed by atoms with Crippen LogP contribution in [0.5, 0.6) is 5.75 Å². The molecule has 0 bridgehead atoms. The monoisotopic (exact) mass is 229 g/mol. The molecule has 0 aliphatic rings. The van der Waals surface area contributed by atoms with Gasteiger partial charge in [-0.15, -0.1) is 0 Å². The first kappa shape index (κ1) is 12.4. The van der Waals surface area contributed by atoms with Gasteiger partial charge in [-0.05, 0) is 12.1 Å². The SMILES string of the molecule is NCC#Cc1ccc(OCC(F)F)cc1F. The van der Waals surface area contributed by atoms with Crippen LogP contribution in [-0.4, -0.2) is 19.6 Å². The summed E-state index contributed by atoms with van der Waals surface area (Å²) in [6.45, 7) is -0.629. The Labute approximate surface area is 91.2 Å². The normalized spacial score (nSPS) is 9.81.